The molecular weight excluding hydrogens is 441 g/mol. The van der Waals surface area contributed by atoms with Crippen molar-refractivity contribution in [3.63, 3.8) is 0 Å². The highest BCUT2D eigenvalue weighted by Gasteiger charge is 2.31. The molecule has 168 valence electrons. The van der Waals surface area contributed by atoms with Crippen molar-refractivity contribution < 1.29 is 13.2 Å². The van der Waals surface area contributed by atoms with Crippen molar-refractivity contribution in [2.45, 2.75) is 19.1 Å². The Morgan fingerprint density at radius 1 is 0.938 bits per heavy atom. The van der Waals surface area contributed by atoms with E-state index in [0.29, 0.717) is 55.1 Å². The molecule has 0 bridgehead atoms. The summed E-state index contributed by atoms with van der Waals surface area (Å²) in [6, 6.07) is 12.8. The van der Waals surface area contributed by atoms with Gasteiger partial charge in [-0.15, -0.1) is 12.4 Å². The van der Waals surface area contributed by atoms with Gasteiger partial charge in [-0.3, -0.25) is 9.36 Å². The molecule has 9 heteroatoms. The molecule has 0 unspecified atom stereocenters. The third-order valence-electron chi connectivity index (χ3n) is 5.94. The summed E-state index contributed by atoms with van der Waals surface area (Å²) in [5.74, 6) is 0.712. The Morgan fingerprint density at radius 3 is 2.44 bits per heavy atom. The Kier molecular flexibility index (Phi) is 5.90. The van der Waals surface area contributed by atoms with Gasteiger partial charge in [-0.1, -0.05) is 18.2 Å². The maximum absolute atomic E-state index is 13.0. The van der Waals surface area contributed by atoms with Crippen molar-refractivity contribution in [3.05, 3.63) is 76.5 Å². The molecule has 0 N–H and O–H groups in total. The maximum atomic E-state index is 13.0. The van der Waals surface area contributed by atoms with Gasteiger partial charge in [0.25, 0.3) is 5.56 Å². The Bertz CT molecular complexity index is 1230. The molecule has 1 aromatic heterocycles. The van der Waals surface area contributed by atoms with Crippen molar-refractivity contribution in [2.24, 2.45) is 0 Å². The number of rotatable bonds is 2. The molecule has 0 saturated carbocycles. The predicted molar refractivity (Wildman–Crippen MR) is 121 cm³/mol. The highest BCUT2D eigenvalue weighted by molar-refractivity contribution is 5.85. The van der Waals surface area contributed by atoms with Crippen LogP contribution in [-0.4, -0.2) is 40.6 Å². The standard InChI is InChI=1S/C23H21F3N4O.ClH/c24-23(25,26)17-4-3-5-18(14-17)29-12-10-28(11-13-29)15-16-8-9-30-21(16)27-20-7-2-1-6-19(20)22(30)31;/h1-7,14-15H,8-13H2;1H/b16-15-;. The maximum Gasteiger partial charge on any atom is 0.416 e. The fourth-order valence-corrected chi connectivity index (χ4v) is 4.30. The topological polar surface area (TPSA) is 41.4 Å². The lowest BCUT2D eigenvalue weighted by Crippen LogP contribution is -2.44. The quantitative estimate of drug-likeness (QED) is 0.566. The third kappa shape index (κ3) is 4.07. The van der Waals surface area contributed by atoms with Crippen LogP contribution in [0.4, 0.5) is 18.9 Å². The summed E-state index contributed by atoms with van der Waals surface area (Å²) in [6.45, 7) is 3.25. The van der Waals surface area contributed by atoms with E-state index in [2.05, 4.69) is 11.1 Å². The van der Waals surface area contributed by atoms with E-state index in [1.54, 1.807) is 16.7 Å². The predicted octanol–water partition coefficient (Wildman–Crippen LogP) is 4.40. The third-order valence-corrected chi connectivity index (χ3v) is 5.94. The van der Waals surface area contributed by atoms with Crippen LogP contribution in [0.25, 0.3) is 16.5 Å². The first-order valence-corrected chi connectivity index (χ1v) is 10.3. The van der Waals surface area contributed by atoms with Crippen molar-refractivity contribution in [3.8, 4) is 0 Å². The van der Waals surface area contributed by atoms with Crippen LogP contribution in [0.2, 0.25) is 0 Å². The van der Waals surface area contributed by atoms with Gasteiger partial charge in [0.1, 0.15) is 5.82 Å². The molecule has 5 rings (SSSR count). The second kappa shape index (κ2) is 8.50. The Labute approximate surface area is 189 Å². The van der Waals surface area contributed by atoms with Crippen LogP contribution in [0.5, 0.6) is 0 Å². The summed E-state index contributed by atoms with van der Waals surface area (Å²) >= 11 is 0. The van der Waals surface area contributed by atoms with E-state index in [0.717, 1.165) is 18.1 Å². The van der Waals surface area contributed by atoms with Crippen LogP contribution >= 0.6 is 12.4 Å². The van der Waals surface area contributed by atoms with E-state index in [-0.39, 0.29) is 18.0 Å². The van der Waals surface area contributed by atoms with Gasteiger partial charge in [-0.25, -0.2) is 4.98 Å². The number of alkyl halides is 3. The first kappa shape index (κ1) is 22.2. The Hall–Kier alpha value is -3.00. The van der Waals surface area contributed by atoms with E-state index in [1.807, 2.05) is 23.1 Å². The molecule has 5 nitrogen and oxygen atoms in total. The number of nitrogens with zero attached hydrogens (tertiary/aromatic N) is 4. The Morgan fingerprint density at radius 2 is 1.69 bits per heavy atom. The van der Waals surface area contributed by atoms with E-state index in [9.17, 15) is 18.0 Å². The molecule has 3 aromatic rings. The number of piperazine rings is 1. The molecule has 32 heavy (non-hydrogen) atoms. The van der Waals surface area contributed by atoms with Gasteiger partial charge in [0.15, 0.2) is 0 Å². The van der Waals surface area contributed by atoms with Crippen LogP contribution in [0.15, 0.2) is 59.5 Å². The van der Waals surface area contributed by atoms with Gasteiger partial charge < -0.3 is 9.80 Å². The van der Waals surface area contributed by atoms with Crippen molar-refractivity contribution in [1.82, 2.24) is 14.5 Å². The number of halogens is 4. The summed E-state index contributed by atoms with van der Waals surface area (Å²) in [6.07, 6.45) is -1.54. The molecule has 0 spiro atoms. The van der Waals surface area contributed by atoms with Crippen LogP contribution in [0, 0.1) is 0 Å². The summed E-state index contributed by atoms with van der Waals surface area (Å²) in [4.78, 5) is 21.6. The summed E-state index contributed by atoms with van der Waals surface area (Å²) < 4.78 is 40.7. The van der Waals surface area contributed by atoms with E-state index < -0.39 is 11.7 Å². The van der Waals surface area contributed by atoms with Crippen molar-refractivity contribution >= 4 is 34.6 Å². The highest BCUT2D eigenvalue weighted by Crippen LogP contribution is 2.32. The number of anilines is 1. The summed E-state index contributed by atoms with van der Waals surface area (Å²) in [5.41, 5.74) is 1.67. The van der Waals surface area contributed by atoms with Gasteiger partial charge >= 0.3 is 6.18 Å². The number of hydrogen-bond donors (Lipinski definition) is 0. The molecule has 1 saturated heterocycles. The number of fused-ring (bicyclic) bond motifs is 2. The largest absolute Gasteiger partial charge is 0.416 e. The lowest BCUT2D eigenvalue weighted by Gasteiger charge is -2.36. The fourth-order valence-electron chi connectivity index (χ4n) is 4.30. The first-order chi connectivity index (χ1) is 14.9. The SMILES string of the molecule is Cl.O=c1c2ccccc2nc2n1CC/C2=C/N1CCN(c2cccc(C(F)(F)F)c2)CC1. The lowest BCUT2D eigenvalue weighted by atomic mass is 10.1. The van der Waals surface area contributed by atoms with E-state index in [1.165, 1.54) is 12.1 Å². The minimum absolute atomic E-state index is 0. The molecular formula is C23H22ClF3N4O. The van der Waals surface area contributed by atoms with Gasteiger partial charge in [0.2, 0.25) is 0 Å². The van der Waals surface area contributed by atoms with Crippen LogP contribution < -0.4 is 10.5 Å². The molecule has 2 aliphatic rings. The average Bonchev–Trinajstić information content (AvgIpc) is 3.17. The minimum Gasteiger partial charge on any atom is -0.373 e. The molecule has 1 fully saturated rings. The first-order valence-electron chi connectivity index (χ1n) is 10.3. The molecule has 0 radical (unpaired) electrons. The summed E-state index contributed by atoms with van der Waals surface area (Å²) in [5, 5.41) is 0.627. The van der Waals surface area contributed by atoms with Crippen LogP contribution in [0.3, 0.4) is 0 Å². The highest BCUT2D eigenvalue weighted by atomic mass is 35.5. The Balaban J connectivity index is 0.00000245. The lowest BCUT2D eigenvalue weighted by molar-refractivity contribution is -0.137. The monoisotopic (exact) mass is 462 g/mol. The molecule has 0 atom stereocenters. The molecule has 0 aliphatic carbocycles. The number of benzene rings is 2. The van der Waals surface area contributed by atoms with Crippen LogP contribution in [0.1, 0.15) is 17.8 Å². The van der Waals surface area contributed by atoms with Crippen LogP contribution in [-0.2, 0) is 12.7 Å². The molecule has 0 amide bonds. The number of para-hydroxylation sites is 1. The zero-order chi connectivity index (χ0) is 21.6. The van der Waals surface area contributed by atoms with Crippen molar-refractivity contribution in [1.29, 1.82) is 0 Å². The van der Waals surface area contributed by atoms with Gasteiger partial charge in [0, 0.05) is 50.2 Å². The normalized spacial score (nSPS) is 17.5. The number of hydrogen-bond acceptors (Lipinski definition) is 4. The molecule has 3 heterocycles. The van der Waals surface area contributed by atoms with E-state index in [4.69, 9.17) is 4.98 Å². The second-order valence-electron chi connectivity index (χ2n) is 7.88. The van der Waals surface area contributed by atoms with Gasteiger partial charge in [-0.05, 0) is 36.8 Å². The zero-order valence-electron chi connectivity index (χ0n) is 17.2. The van der Waals surface area contributed by atoms with Crippen molar-refractivity contribution in [2.75, 3.05) is 31.1 Å². The number of allylic oxidation sites excluding steroid dienone is 1. The zero-order valence-corrected chi connectivity index (χ0v) is 18.0. The van der Waals surface area contributed by atoms with Gasteiger partial charge in [-0.2, -0.15) is 13.2 Å². The summed E-state index contributed by atoms with van der Waals surface area (Å²) in [7, 11) is 0. The average molecular weight is 463 g/mol. The van der Waals surface area contributed by atoms with Gasteiger partial charge in [0.05, 0.1) is 16.5 Å². The fraction of sp³-hybridized carbons (Fsp3) is 0.304. The molecule has 2 aromatic carbocycles. The van der Waals surface area contributed by atoms with E-state index >= 15 is 0 Å². The second-order valence-corrected chi connectivity index (χ2v) is 7.88. The number of aromatic nitrogens is 2. The minimum atomic E-state index is -4.34. The smallest absolute Gasteiger partial charge is 0.373 e. The molecule has 2 aliphatic heterocycles.